The van der Waals surface area contributed by atoms with Crippen LogP contribution in [0.1, 0.15) is 30.4 Å². The second kappa shape index (κ2) is 3.10. The van der Waals surface area contributed by atoms with Gasteiger partial charge in [0.25, 0.3) is 0 Å². The van der Waals surface area contributed by atoms with E-state index in [4.69, 9.17) is 5.73 Å². The number of hydrogen-bond acceptors (Lipinski definition) is 1. The molecule has 0 bridgehead atoms. The van der Waals surface area contributed by atoms with Gasteiger partial charge in [-0.2, -0.15) is 0 Å². The maximum atomic E-state index is 6.24. The van der Waals surface area contributed by atoms with Crippen LogP contribution >= 0.6 is 15.9 Å². The fourth-order valence-electron chi connectivity index (χ4n) is 1.87. The first-order valence-electron chi connectivity index (χ1n) is 4.67. The van der Waals surface area contributed by atoms with Crippen LogP contribution in [0.15, 0.2) is 22.7 Å². The molecular weight excluding hydrogens is 226 g/mol. The normalized spacial score (nSPS) is 19.6. The average molecular weight is 240 g/mol. The molecule has 0 aliphatic heterocycles. The van der Waals surface area contributed by atoms with Crippen LogP contribution in [0.3, 0.4) is 0 Å². The molecule has 0 heterocycles. The molecular formula is C11H14BrN. The lowest BCUT2D eigenvalue weighted by atomic mass is 9.72. The Bertz CT molecular complexity index is 309. The molecule has 2 heteroatoms. The Morgan fingerprint density at radius 2 is 2.00 bits per heavy atom. The number of hydrogen-bond donors (Lipinski definition) is 1. The Hall–Kier alpha value is -0.340. The minimum absolute atomic E-state index is 0.0332. The molecule has 1 aromatic rings. The van der Waals surface area contributed by atoms with Crippen molar-refractivity contribution in [2.75, 3.05) is 0 Å². The lowest BCUT2D eigenvalue weighted by molar-refractivity contribution is 0.253. The summed E-state index contributed by atoms with van der Waals surface area (Å²) in [4.78, 5) is 0. The molecule has 0 saturated heterocycles. The largest absolute Gasteiger partial charge is 0.321 e. The summed E-state index contributed by atoms with van der Waals surface area (Å²) in [7, 11) is 0. The number of rotatable bonds is 1. The summed E-state index contributed by atoms with van der Waals surface area (Å²) in [6.45, 7) is 2.11. The molecule has 1 aliphatic rings. The summed E-state index contributed by atoms with van der Waals surface area (Å²) in [6.07, 6.45) is 3.52. The quantitative estimate of drug-likeness (QED) is 0.801. The highest BCUT2D eigenvalue weighted by Crippen LogP contribution is 2.39. The van der Waals surface area contributed by atoms with Crippen LogP contribution < -0.4 is 5.73 Å². The summed E-state index contributed by atoms with van der Waals surface area (Å²) in [6, 6.07) is 6.46. The summed E-state index contributed by atoms with van der Waals surface area (Å²) in [5.41, 5.74) is 8.77. The zero-order chi connectivity index (χ0) is 9.47. The van der Waals surface area contributed by atoms with E-state index in [0.29, 0.717) is 0 Å². The molecule has 1 saturated carbocycles. The molecule has 2 N–H and O–H groups in total. The predicted molar refractivity (Wildman–Crippen MR) is 58.6 cm³/mol. The van der Waals surface area contributed by atoms with Gasteiger partial charge in [-0.05, 0) is 49.4 Å². The van der Waals surface area contributed by atoms with E-state index < -0.39 is 0 Å². The number of aryl methyl sites for hydroxylation is 1. The van der Waals surface area contributed by atoms with Gasteiger partial charge in [-0.25, -0.2) is 0 Å². The van der Waals surface area contributed by atoms with Gasteiger partial charge in [0, 0.05) is 10.0 Å². The lowest BCUT2D eigenvalue weighted by Gasteiger charge is -2.38. The van der Waals surface area contributed by atoms with Crippen LogP contribution in [-0.2, 0) is 5.54 Å². The van der Waals surface area contributed by atoms with Gasteiger partial charge in [0.2, 0.25) is 0 Å². The van der Waals surface area contributed by atoms with Crippen molar-refractivity contribution in [2.45, 2.75) is 31.7 Å². The van der Waals surface area contributed by atoms with Gasteiger partial charge in [0.15, 0.2) is 0 Å². The maximum absolute atomic E-state index is 6.24. The zero-order valence-electron chi connectivity index (χ0n) is 7.81. The Balaban J connectivity index is 2.39. The van der Waals surface area contributed by atoms with Crippen molar-refractivity contribution < 1.29 is 0 Å². The first-order chi connectivity index (χ1) is 6.10. The third kappa shape index (κ3) is 1.65. The molecule has 0 aromatic heterocycles. The summed E-state index contributed by atoms with van der Waals surface area (Å²) < 4.78 is 1.14. The summed E-state index contributed by atoms with van der Waals surface area (Å²) in [5, 5.41) is 0. The first-order valence-corrected chi connectivity index (χ1v) is 5.46. The summed E-state index contributed by atoms with van der Waals surface area (Å²) in [5.74, 6) is 0. The Morgan fingerprint density at radius 1 is 1.31 bits per heavy atom. The molecule has 0 unspecified atom stereocenters. The molecule has 13 heavy (non-hydrogen) atoms. The molecule has 70 valence electrons. The Kier molecular flexibility index (Phi) is 2.20. The van der Waals surface area contributed by atoms with Crippen molar-refractivity contribution in [2.24, 2.45) is 5.73 Å². The minimum atomic E-state index is -0.0332. The molecule has 2 rings (SSSR count). The van der Waals surface area contributed by atoms with E-state index in [9.17, 15) is 0 Å². The van der Waals surface area contributed by atoms with E-state index in [-0.39, 0.29) is 5.54 Å². The summed E-state index contributed by atoms with van der Waals surface area (Å²) >= 11 is 3.50. The standard InChI is InChI=1S/C11H14BrN/c1-8-5-9(7-10(12)6-8)11(13)3-2-4-11/h5-7H,2-4,13H2,1H3. The van der Waals surface area contributed by atoms with E-state index in [0.717, 1.165) is 17.3 Å². The van der Waals surface area contributed by atoms with Crippen LogP contribution in [0.4, 0.5) is 0 Å². The van der Waals surface area contributed by atoms with Crippen LogP contribution in [0.5, 0.6) is 0 Å². The Morgan fingerprint density at radius 3 is 2.46 bits per heavy atom. The monoisotopic (exact) mass is 239 g/mol. The Labute approximate surface area is 87.5 Å². The molecule has 1 fully saturated rings. The van der Waals surface area contributed by atoms with Crippen molar-refractivity contribution in [3.05, 3.63) is 33.8 Å². The van der Waals surface area contributed by atoms with Gasteiger partial charge < -0.3 is 5.73 Å². The molecule has 1 aromatic carbocycles. The topological polar surface area (TPSA) is 26.0 Å². The molecule has 0 radical (unpaired) electrons. The SMILES string of the molecule is Cc1cc(Br)cc(C2(N)CCC2)c1. The second-order valence-electron chi connectivity index (χ2n) is 4.03. The van der Waals surface area contributed by atoms with Crippen molar-refractivity contribution in [3.63, 3.8) is 0 Å². The van der Waals surface area contributed by atoms with E-state index in [1.807, 2.05) is 0 Å². The van der Waals surface area contributed by atoms with Crippen molar-refractivity contribution in [3.8, 4) is 0 Å². The zero-order valence-corrected chi connectivity index (χ0v) is 9.39. The van der Waals surface area contributed by atoms with Gasteiger partial charge in [-0.1, -0.05) is 22.0 Å². The molecule has 1 aliphatic carbocycles. The van der Waals surface area contributed by atoms with Gasteiger partial charge in [0.1, 0.15) is 0 Å². The van der Waals surface area contributed by atoms with Gasteiger partial charge in [-0.3, -0.25) is 0 Å². The van der Waals surface area contributed by atoms with Crippen molar-refractivity contribution >= 4 is 15.9 Å². The third-order valence-corrected chi connectivity index (χ3v) is 3.32. The van der Waals surface area contributed by atoms with Gasteiger partial charge >= 0.3 is 0 Å². The van der Waals surface area contributed by atoms with Crippen LogP contribution in [0, 0.1) is 6.92 Å². The highest BCUT2D eigenvalue weighted by Gasteiger charge is 2.34. The first kappa shape index (κ1) is 9.22. The molecule has 0 spiro atoms. The fraction of sp³-hybridized carbons (Fsp3) is 0.455. The average Bonchev–Trinajstić information content (AvgIpc) is 1.98. The van der Waals surface area contributed by atoms with E-state index in [2.05, 4.69) is 41.1 Å². The maximum Gasteiger partial charge on any atom is 0.0410 e. The van der Waals surface area contributed by atoms with Gasteiger partial charge in [-0.15, -0.1) is 0 Å². The van der Waals surface area contributed by atoms with Crippen molar-refractivity contribution in [1.82, 2.24) is 0 Å². The molecule has 0 atom stereocenters. The molecule has 1 nitrogen and oxygen atoms in total. The lowest BCUT2D eigenvalue weighted by Crippen LogP contribution is -2.43. The highest BCUT2D eigenvalue weighted by molar-refractivity contribution is 9.10. The van der Waals surface area contributed by atoms with E-state index >= 15 is 0 Å². The number of benzene rings is 1. The fourth-order valence-corrected chi connectivity index (χ4v) is 2.48. The molecule has 0 amide bonds. The van der Waals surface area contributed by atoms with Crippen LogP contribution in [-0.4, -0.2) is 0 Å². The second-order valence-corrected chi connectivity index (χ2v) is 4.94. The van der Waals surface area contributed by atoms with Crippen molar-refractivity contribution in [1.29, 1.82) is 0 Å². The van der Waals surface area contributed by atoms with E-state index in [1.54, 1.807) is 0 Å². The number of nitrogens with two attached hydrogens (primary N) is 1. The predicted octanol–water partition coefficient (Wildman–Crippen LogP) is 3.10. The van der Waals surface area contributed by atoms with Crippen LogP contribution in [0.25, 0.3) is 0 Å². The van der Waals surface area contributed by atoms with E-state index in [1.165, 1.54) is 17.5 Å². The van der Waals surface area contributed by atoms with Gasteiger partial charge in [0.05, 0.1) is 0 Å². The smallest absolute Gasteiger partial charge is 0.0410 e. The minimum Gasteiger partial charge on any atom is -0.321 e. The number of halogens is 1. The van der Waals surface area contributed by atoms with Crippen LogP contribution in [0.2, 0.25) is 0 Å². The third-order valence-electron chi connectivity index (χ3n) is 2.86. The highest BCUT2D eigenvalue weighted by atomic mass is 79.9.